The largest absolute Gasteiger partial charge is 0.495 e. The molecule has 47 heavy (non-hydrogen) atoms. The van der Waals surface area contributed by atoms with E-state index in [-0.39, 0.29) is 29.0 Å². The molecule has 2 fully saturated rings. The monoisotopic (exact) mass is 653 g/mol. The summed E-state index contributed by atoms with van der Waals surface area (Å²) in [5.74, 6) is -0.483. The fourth-order valence-electron chi connectivity index (χ4n) is 5.81. The highest BCUT2D eigenvalue weighted by Gasteiger charge is 2.35. The van der Waals surface area contributed by atoms with Crippen LogP contribution in [-0.2, 0) is 19.6 Å². The van der Waals surface area contributed by atoms with Gasteiger partial charge in [-0.2, -0.15) is 4.31 Å². The van der Waals surface area contributed by atoms with Gasteiger partial charge in [0.2, 0.25) is 21.8 Å². The molecule has 3 amide bonds. The summed E-state index contributed by atoms with van der Waals surface area (Å²) < 4.78 is 33.6. The van der Waals surface area contributed by atoms with E-state index in [1.807, 2.05) is 54.6 Å². The van der Waals surface area contributed by atoms with E-state index in [0.29, 0.717) is 49.7 Å². The van der Waals surface area contributed by atoms with Gasteiger partial charge >= 0.3 is 0 Å². The predicted molar refractivity (Wildman–Crippen MR) is 180 cm³/mol. The minimum absolute atomic E-state index is 0.1000. The second-order valence-corrected chi connectivity index (χ2v) is 13.3. The van der Waals surface area contributed by atoms with Crippen LogP contribution < -0.4 is 25.2 Å². The number of piperazine rings is 1. The molecule has 1 unspecified atom stereocenters. The summed E-state index contributed by atoms with van der Waals surface area (Å²) in [4.78, 5) is 42.1. The van der Waals surface area contributed by atoms with Crippen LogP contribution in [0, 0.1) is 5.92 Å². The summed E-state index contributed by atoms with van der Waals surface area (Å²) in [5.41, 5.74) is 3.01. The van der Waals surface area contributed by atoms with E-state index in [1.54, 1.807) is 48.4 Å². The van der Waals surface area contributed by atoms with Crippen LogP contribution in [0.1, 0.15) is 16.8 Å². The molecule has 6 rings (SSSR count). The summed E-state index contributed by atoms with van der Waals surface area (Å²) in [6, 6.07) is 29.4. The van der Waals surface area contributed by atoms with Crippen molar-refractivity contribution >= 4 is 50.5 Å². The van der Waals surface area contributed by atoms with Crippen LogP contribution in [0.25, 0.3) is 0 Å². The van der Waals surface area contributed by atoms with Crippen LogP contribution in [0.3, 0.4) is 0 Å². The van der Waals surface area contributed by atoms with Crippen molar-refractivity contribution in [3.8, 4) is 5.75 Å². The first-order valence-electron chi connectivity index (χ1n) is 15.3. The number of benzene rings is 4. The van der Waals surface area contributed by atoms with Gasteiger partial charge in [-0.3, -0.25) is 14.4 Å². The number of hydrogen-bond donors (Lipinski definition) is 2. The maximum Gasteiger partial charge on any atom is 0.255 e. The van der Waals surface area contributed by atoms with Crippen LogP contribution in [0.5, 0.6) is 5.75 Å². The lowest BCUT2D eigenvalue weighted by Gasteiger charge is -2.35. The highest BCUT2D eigenvalue weighted by molar-refractivity contribution is 7.89. The maximum atomic E-state index is 13.3. The van der Waals surface area contributed by atoms with Crippen molar-refractivity contribution in [1.82, 2.24) is 4.31 Å². The average Bonchev–Trinajstić information content (AvgIpc) is 3.51. The van der Waals surface area contributed by atoms with E-state index in [0.717, 1.165) is 17.1 Å². The molecule has 0 bridgehead atoms. The van der Waals surface area contributed by atoms with Crippen LogP contribution in [-0.4, -0.2) is 70.3 Å². The van der Waals surface area contributed by atoms with Crippen LogP contribution in [0.4, 0.5) is 22.7 Å². The minimum Gasteiger partial charge on any atom is -0.495 e. The van der Waals surface area contributed by atoms with Crippen LogP contribution in [0.2, 0.25) is 0 Å². The number of anilines is 4. The molecule has 4 aromatic rings. The minimum atomic E-state index is -3.72. The highest BCUT2D eigenvalue weighted by Crippen LogP contribution is 2.30. The number of carbonyl (C=O) groups is 3. The molecule has 11 nitrogen and oxygen atoms in total. The molecule has 4 aromatic carbocycles. The third-order valence-electron chi connectivity index (χ3n) is 8.39. The number of sulfonamides is 1. The first-order valence-corrected chi connectivity index (χ1v) is 16.7. The number of nitrogens with one attached hydrogen (secondary N) is 2. The van der Waals surface area contributed by atoms with Crippen molar-refractivity contribution in [1.29, 1.82) is 0 Å². The van der Waals surface area contributed by atoms with Gasteiger partial charge in [0.1, 0.15) is 5.75 Å². The average molecular weight is 654 g/mol. The molecule has 242 valence electrons. The van der Waals surface area contributed by atoms with Gasteiger partial charge in [0.25, 0.3) is 5.91 Å². The Kier molecular flexibility index (Phi) is 9.23. The fourth-order valence-corrected chi connectivity index (χ4v) is 7.24. The van der Waals surface area contributed by atoms with E-state index >= 15 is 0 Å². The topological polar surface area (TPSA) is 128 Å². The van der Waals surface area contributed by atoms with Crippen molar-refractivity contribution in [2.24, 2.45) is 5.92 Å². The number of amides is 3. The van der Waals surface area contributed by atoms with E-state index in [2.05, 4.69) is 15.5 Å². The van der Waals surface area contributed by atoms with Crippen LogP contribution >= 0.6 is 0 Å². The van der Waals surface area contributed by atoms with Gasteiger partial charge in [0, 0.05) is 61.8 Å². The zero-order chi connectivity index (χ0) is 33.0. The Balaban J connectivity index is 1.01. The van der Waals surface area contributed by atoms with E-state index in [4.69, 9.17) is 4.74 Å². The SMILES string of the molecule is COc1ccccc1N1CCN(S(=O)(=O)c2ccc(NC(=O)c3ccc(NC(=O)C4CC(=O)N(c5ccccc5)C4)cc3)cc2)CC1. The molecule has 0 saturated carbocycles. The molecule has 2 N–H and O–H groups in total. The van der Waals surface area contributed by atoms with Crippen molar-refractivity contribution in [2.75, 3.05) is 60.3 Å². The number of carbonyl (C=O) groups excluding carboxylic acids is 3. The van der Waals surface area contributed by atoms with E-state index in [1.165, 1.54) is 16.4 Å². The summed E-state index contributed by atoms with van der Waals surface area (Å²) >= 11 is 0. The Bertz CT molecular complexity index is 1860. The molecule has 12 heteroatoms. The molecular formula is C35H35N5O6S. The molecule has 0 radical (unpaired) electrons. The molecule has 0 aromatic heterocycles. The maximum absolute atomic E-state index is 13.3. The summed E-state index contributed by atoms with van der Waals surface area (Å²) in [6.07, 6.45) is 0.127. The van der Waals surface area contributed by atoms with Crippen molar-refractivity contribution < 1.29 is 27.5 Å². The summed E-state index contributed by atoms with van der Waals surface area (Å²) in [5, 5.41) is 5.62. The van der Waals surface area contributed by atoms with E-state index < -0.39 is 15.9 Å². The van der Waals surface area contributed by atoms with Gasteiger partial charge in [-0.15, -0.1) is 0 Å². The Hall–Kier alpha value is -5.20. The van der Waals surface area contributed by atoms with Gasteiger partial charge < -0.3 is 25.2 Å². The van der Waals surface area contributed by atoms with E-state index in [9.17, 15) is 22.8 Å². The Morgan fingerprint density at radius 2 is 1.38 bits per heavy atom. The third kappa shape index (κ3) is 6.98. The number of ether oxygens (including phenoxy) is 1. The normalized spacial score (nSPS) is 17.0. The first kappa shape index (κ1) is 31.8. The quantitative estimate of drug-likeness (QED) is 0.273. The van der Waals surface area contributed by atoms with Gasteiger partial charge in [0.15, 0.2) is 0 Å². The first-order chi connectivity index (χ1) is 22.7. The molecule has 2 heterocycles. The Morgan fingerprint density at radius 3 is 2.06 bits per heavy atom. The van der Waals surface area contributed by atoms with Crippen molar-refractivity contribution in [3.05, 3.63) is 109 Å². The smallest absolute Gasteiger partial charge is 0.255 e. The highest BCUT2D eigenvalue weighted by atomic mass is 32.2. The number of hydrogen-bond acceptors (Lipinski definition) is 7. The number of rotatable bonds is 9. The molecule has 2 saturated heterocycles. The number of nitrogens with zero attached hydrogens (tertiary/aromatic N) is 3. The molecule has 2 aliphatic heterocycles. The lowest BCUT2D eigenvalue weighted by Crippen LogP contribution is -2.48. The summed E-state index contributed by atoms with van der Waals surface area (Å²) in [7, 11) is -2.10. The lowest BCUT2D eigenvalue weighted by atomic mass is 10.1. The Morgan fingerprint density at radius 1 is 0.766 bits per heavy atom. The van der Waals surface area contributed by atoms with Crippen LogP contribution in [0.15, 0.2) is 108 Å². The van der Waals surface area contributed by atoms with Gasteiger partial charge in [-0.25, -0.2) is 8.42 Å². The molecular weight excluding hydrogens is 618 g/mol. The zero-order valence-electron chi connectivity index (χ0n) is 25.8. The Labute approximate surface area is 273 Å². The second kappa shape index (κ2) is 13.7. The van der Waals surface area contributed by atoms with Gasteiger partial charge in [0.05, 0.1) is 23.6 Å². The predicted octanol–water partition coefficient (Wildman–Crippen LogP) is 4.45. The molecule has 0 spiro atoms. The standard InChI is InChI=1S/C35H35N5O6S/c1-46-32-10-6-5-9-31(32)38-19-21-39(22-20-38)47(44,45)30-17-15-28(16-18-30)36-34(42)25-11-13-27(14-12-25)37-35(43)26-23-33(41)40(24-26)29-7-3-2-4-8-29/h2-18,26H,19-24H2,1H3,(H,36,42)(H,37,43). The zero-order valence-corrected chi connectivity index (χ0v) is 26.7. The third-order valence-corrected chi connectivity index (χ3v) is 10.3. The molecule has 2 aliphatic rings. The van der Waals surface area contributed by atoms with Gasteiger partial charge in [-0.1, -0.05) is 30.3 Å². The number of methoxy groups -OCH3 is 1. The summed E-state index contributed by atoms with van der Waals surface area (Å²) in [6.45, 7) is 2.03. The van der Waals surface area contributed by atoms with Gasteiger partial charge in [-0.05, 0) is 72.8 Å². The fraction of sp³-hybridized carbons (Fsp3) is 0.229. The van der Waals surface area contributed by atoms with Crippen molar-refractivity contribution in [3.63, 3.8) is 0 Å². The molecule has 1 atom stereocenters. The number of para-hydroxylation sites is 3. The van der Waals surface area contributed by atoms with Crippen molar-refractivity contribution in [2.45, 2.75) is 11.3 Å². The lowest BCUT2D eigenvalue weighted by molar-refractivity contribution is -0.122. The molecule has 0 aliphatic carbocycles. The second-order valence-electron chi connectivity index (χ2n) is 11.3.